The number of fused-ring (bicyclic) bond motifs is 1. The first-order valence-corrected chi connectivity index (χ1v) is 7.71. The van der Waals surface area contributed by atoms with Crippen LogP contribution in [-0.2, 0) is 13.0 Å². The van der Waals surface area contributed by atoms with E-state index in [1.807, 2.05) is 42.5 Å². The van der Waals surface area contributed by atoms with Gasteiger partial charge in [0.2, 0.25) is 0 Å². The van der Waals surface area contributed by atoms with Gasteiger partial charge in [-0.3, -0.25) is 0 Å². The zero-order valence-corrected chi connectivity index (χ0v) is 12.8. The number of rotatable bonds is 6. The van der Waals surface area contributed by atoms with Crippen LogP contribution in [0.2, 0.25) is 0 Å². The molecule has 0 spiro atoms. The highest BCUT2D eigenvalue weighted by Crippen LogP contribution is 2.22. The number of benzene rings is 2. The fourth-order valence-corrected chi connectivity index (χ4v) is 2.67. The molecule has 0 unspecified atom stereocenters. The van der Waals surface area contributed by atoms with Gasteiger partial charge in [0, 0.05) is 13.0 Å². The minimum Gasteiger partial charge on any atom is -0.494 e. The van der Waals surface area contributed by atoms with Crippen molar-refractivity contribution in [3.05, 3.63) is 54.4 Å². The average molecular weight is 295 g/mol. The number of nitrogen functional groups attached to an aromatic ring is 1. The van der Waals surface area contributed by atoms with Gasteiger partial charge in [-0.25, -0.2) is 4.98 Å². The fourth-order valence-electron chi connectivity index (χ4n) is 2.67. The maximum absolute atomic E-state index is 6.02. The Morgan fingerprint density at radius 1 is 1.09 bits per heavy atom. The standard InChI is InChI=1S/C18H21N3O/c1-2-17-20-18-15(19)10-6-11-16(18)21(17)12-7-13-22-14-8-4-3-5-9-14/h3-6,8-11H,2,7,12-13,19H2,1H3. The zero-order chi connectivity index (χ0) is 15.4. The molecule has 0 fully saturated rings. The summed E-state index contributed by atoms with van der Waals surface area (Å²) in [4.78, 5) is 4.66. The highest BCUT2D eigenvalue weighted by molar-refractivity contribution is 5.87. The SMILES string of the molecule is CCc1nc2c(N)cccc2n1CCCOc1ccccc1. The maximum atomic E-state index is 6.02. The van der Waals surface area contributed by atoms with Crippen molar-refractivity contribution in [2.24, 2.45) is 0 Å². The Kier molecular flexibility index (Phi) is 4.28. The van der Waals surface area contributed by atoms with Crippen molar-refractivity contribution >= 4 is 16.7 Å². The molecule has 2 aromatic carbocycles. The van der Waals surface area contributed by atoms with E-state index in [0.717, 1.165) is 47.7 Å². The topological polar surface area (TPSA) is 53.1 Å². The minimum atomic E-state index is 0.690. The van der Waals surface area contributed by atoms with Crippen LogP contribution in [0.4, 0.5) is 5.69 Å². The summed E-state index contributed by atoms with van der Waals surface area (Å²) in [5.41, 5.74) is 8.78. The van der Waals surface area contributed by atoms with Crippen LogP contribution < -0.4 is 10.5 Å². The van der Waals surface area contributed by atoms with Crippen molar-refractivity contribution in [1.82, 2.24) is 9.55 Å². The maximum Gasteiger partial charge on any atom is 0.119 e. The Morgan fingerprint density at radius 3 is 2.68 bits per heavy atom. The number of aryl methyl sites for hydroxylation is 2. The zero-order valence-electron chi connectivity index (χ0n) is 12.8. The molecule has 2 N–H and O–H groups in total. The first-order chi connectivity index (χ1) is 10.8. The molecule has 0 atom stereocenters. The number of anilines is 1. The van der Waals surface area contributed by atoms with Crippen molar-refractivity contribution in [2.45, 2.75) is 26.3 Å². The molecular formula is C18H21N3O. The number of imidazole rings is 1. The largest absolute Gasteiger partial charge is 0.494 e. The Bertz CT molecular complexity index is 750. The second-order valence-electron chi connectivity index (χ2n) is 5.26. The molecule has 0 bridgehead atoms. The van der Waals surface area contributed by atoms with Crippen LogP contribution in [0.5, 0.6) is 5.75 Å². The summed E-state index contributed by atoms with van der Waals surface area (Å²) in [6.45, 7) is 3.69. The predicted molar refractivity (Wildman–Crippen MR) is 90.1 cm³/mol. The van der Waals surface area contributed by atoms with Gasteiger partial charge in [-0.15, -0.1) is 0 Å². The molecule has 0 radical (unpaired) electrons. The lowest BCUT2D eigenvalue weighted by atomic mass is 10.2. The summed E-state index contributed by atoms with van der Waals surface area (Å²) >= 11 is 0. The molecule has 3 aromatic rings. The van der Waals surface area contributed by atoms with Gasteiger partial charge in [-0.1, -0.05) is 31.2 Å². The van der Waals surface area contributed by atoms with Crippen molar-refractivity contribution in [2.75, 3.05) is 12.3 Å². The molecule has 0 saturated carbocycles. The number of aromatic nitrogens is 2. The van der Waals surface area contributed by atoms with Crippen molar-refractivity contribution < 1.29 is 4.74 Å². The van der Waals surface area contributed by atoms with Gasteiger partial charge in [0.05, 0.1) is 17.8 Å². The van der Waals surface area contributed by atoms with Gasteiger partial charge in [0.15, 0.2) is 0 Å². The van der Waals surface area contributed by atoms with Crippen molar-refractivity contribution in [1.29, 1.82) is 0 Å². The lowest BCUT2D eigenvalue weighted by molar-refractivity contribution is 0.302. The second-order valence-corrected chi connectivity index (χ2v) is 5.26. The van der Waals surface area contributed by atoms with Gasteiger partial charge >= 0.3 is 0 Å². The van der Waals surface area contributed by atoms with E-state index in [2.05, 4.69) is 22.5 Å². The van der Waals surface area contributed by atoms with Crippen LogP contribution in [0.1, 0.15) is 19.2 Å². The van der Waals surface area contributed by atoms with Crippen LogP contribution in [0, 0.1) is 0 Å². The fraction of sp³-hybridized carbons (Fsp3) is 0.278. The molecule has 4 heteroatoms. The third kappa shape index (κ3) is 2.91. The molecule has 114 valence electrons. The molecule has 1 aromatic heterocycles. The number of para-hydroxylation sites is 2. The van der Waals surface area contributed by atoms with E-state index in [1.54, 1.807) is 0 Å². The number of nitrogens with two attached hydrogens (primary N) is 1. The summed E-state index contributed by atoms with van der Waals surface area (Å²) in [6, 6.07) is 15.9. The van der Waals surface area contributed by atoms with E-state index in [4.69, 9.17) is 10.5 Å². The Morgan fingerprint density at radius 2 is 1.91 bits per heavy atom. The molecule has 0 saturated heterocycles. The summed E-state index contributed by atoms with van der Waals surface area (Å²) < 4.78 is 8.01. The molecule has 0 aliphatic rings. The third-order valence-corrected chi connectivity index (χ3v) is 3.74. The highest BCUT2D eigenvalue weighted by Gasteiger charge is 2.10. The van der Waals surface area contributed by atoms with E-state index in [-0.39, 0.29) is 0 Å². The molecule has 1 heterocycles. The van der Waals surface area contributed by atoms with Crippen molar-refractivity contribution in [3.63, 3.8) is 0 Å². The molecular weight excluding hydrogens is 274 g/mol. The molecule has 0 amide bonds. The number of hydrogen-bond acceptors (Lipinski definition) is 3. The van der Waals surface area contributed by atoms with Crippen LogP contribution >= 0.6 is 0 Å². The minimum absolute atomic E-state index is 0.690. The molecule has 0 aliphatic carbocycles. The van der Waals surface area contributed by atoms with E-state index < -0.39 is 0 Å². The van der Waals surface area contributed by atoms with E-state index in [9.17, 15) is 0 Å². The Labute approximate surface area is 130 Å². The average Bonchev–Trinajstić information content (AvgIpc) is 2.92. The summed E-state index contributed by atoms with van der Waals surface area (Å²) in [5.74, 6) is 1.99. The van der Waals surface area contributed by atoms with Gasteiger partial charge in [0.1, 0.15) is 17.1 Å². The summed E-state index contributed by atoms with van der Waals surface area (Å²) in [7, 11) is 0. The molecule has 0 aliphatic heterocycles. The highest BCUT2D eigenvalue weighted by atomic mass is 16.5. The summed E-state index contributed by atoms with van der Waals surface area (Å²) in [6.07, 6.45) is 1.83. The van der Waals surface area contributed by atoms with Gasteiger partial charge < -0.3 is 15.0 Å². The smallest absolute Gasteiger partial charge is 0.119 e. The predicted octanol–water partition coefficient (Wildman–Crippen LogP) is 3.65. The first kappa shape index (κ1) is 14.4. The monoisotopic (exact) mass is 295 g/mol. The van der Waals surface area contributed by atoms with E-state index >= 15 is 0 Å². The van der Waals surface area contributed by atoms with E-state index in [0.29, 0.717) is 6.61 Å². The third-order valence-electron chi connectivity index (χ3n) is 3.74. The van der Waals surface area contributed by atoms with Crippen LogP contribution in [0.25, 0.3) is 11.0 Å². The first-order valence-electron chi connectivity index (χ1n) is 7.71. The number of nitrogens with zero attached hydrogens (tertiary/aromatic N) is 2. The van der Waals surface area contributed by atoms with Crippen LogP contribution in [0.3, 0.4) is 0 Å². The lowest BCUT2D eigenvalue weighted by Crippen LogP contribution is -2.07. The van der Waals surface area contributed by atoms with Crippen LogP contribution in [-0.4, -0.2) is 16.2 Å². The number of hydrogen-bond donors (Lipinski definition) is 1. The van der Waals surface area contributed by atoms with Crippen LogP contribution in [0.15, 0.2) is 48.5 Å². The quantitative estimate of drug-likeness (QED) is 0.558. The molecule has 22 heavy (non-hydrogen) atoms. The van der Waals surface area contributed by atoms with Gasteiger partial charge in [0.25, 0.3) is 0 Å². The normalized spacial score (nSPS) is 11.0. The van der Waals surface area contributed by atoms with Gasteiger partial charge in [-0.2, -0.15) is 0 Å². The second kappa shape index (κ2) is 6.52. The van der Waals surface area contributed by atoms with Gasteiger partial charge in [-0.05, 0) is 30.7 Å². The lowest BCUT2D eigenvalue weighted by Gasteiger charge is -2.09. The summed E-state index contributed by atoms with van der Waals surface area (Å²) in [5, 5.41) is 0. The Balaban J connectivity index is 1.69. The number of ether oxygens (including phenoxy) is 1. The molecule has 3 rings (SSSR count). The molecule has 4 nitrogen and oxygen atoms in total. The van der Waals surface area contributed by atoms with E-state index in [1.165, 1.54) is 0 Å². The Hall–Kier alpha value is -2.49. The van der Waals surface area contributed by atoms with Crippen molar-refractivity contribution in [3.8, 4) is 5.75 Å².